The quantitative estimate of drug-likeness (QED) is 0.712. The van der Waals surface area contributed by atoms with Crippen molar-refractivity contribution in [3.05, 3.63) is 71.0 Å². The highest BCUT2D eigenvalue weighted by molar-refractivity contribution is 7.98. The van der Waals surface area contributed by atoms with Crippen molar-refractivity contribution in [3.63, 3.8) is 0 Å². The molecular weight excluding hydrogens is 339 g/mol. The molecule has 2 aromatic carbocycles. The number of aryl methyl sites for hydroxylation is 1. The fourth-order valence-corrected chi connectivity index (χ4v) is 3.05. The highest BCUT2D eigenvalue weighted by Crippen LogP contribution is 2.14. The van der Waals surface area contributed by atoms with E-state index in [1.165, 1.54) is 6.07 Å². The molecule has 0 saturated heterocycles. The van der Waals surface area contributed by atoms with E-state index in [4.69, 9.17) is 0 Å². The molecule has 2 aromatic rings. The van der Waals surface area contributed by atoms with Crippen LogP contribution in [0.15, 0.2) is 48.5 Å². The zero-order valence-electron chi connectivity index (χ0n) is 14.0. The fourth-order valence-electron chi connectivity index (χ4n) is 2.21. The molecule has 4 nitrogen and oxygen atoms in total. The Kier molecular flexibility index (Phi) is 7.47. The minimum Gasteiger partial charge on any atom is -0.354 e. The molecule has 2 N–H and O–H groups in total. The number of rotatable bonds is 8. The Morgan fingerprint density at radius 2 is 1.76 bits per heavy atom. The van der Waals surface area contributed by atoms with Crippen LogP contribution >= 0.6 is 11.8 Å². The van der Waals surface area contributed by atoms with E-state index in [2.05, 4.69) is 10.6 Å². The van der Waals surface area contributed by atoms with Crippen molar-refractivity contribution in [3.8, 4) is 0 Å². The van der Waals surface area contributed by atoms with Crippen molar-refractivity contribution in [2.45, 2.75) is 12.7 Å². The molecule has 0 fully saturated rings. The monoisotopic (exact) mass is 360 g/mol. The van der Waals surface area contributed by atoms with Gasteiger partial charge in [-0.1, -0.05) is 36.4 Å². The lowest BCUT2D eigenvalue weighted by Crippen LogP contribution is -2.37. The highest BCUT2D eigenvalue weighted by atomic mass is 32.2. The Bertz CT molecular complexity index is 737. The van der Waals surface area contributed by atoms with Crippen LogP contribution in [0.4, 0.5) is 4.39 Å². The van der Waals surface area contributed by atoms with Gasteiger partial charge >= 0.3 is 0 Å². The van der Waals surface area contributed by atoms with Crippen molar-refractivity contribution in [2.24, 2.45) is 0 Å². The summed E-state index contributed by atoms with van der Waals surface area (Å²) in [6.45, 7) is 2.26. The highest BCUT2D eigenvalue weighted by Gasteiger charge is 2.09. The topological polar surface area (TPSA) is 58.2 Å². The molecule has 0 spiro atoms. The largest absolute Gasteiger partial charge is 0.354 e. The summed E-state index contributed by atoms with van der Waals surface area (Å²) in [5.41, 5.74) is 2.09. The summed E-state index contributed by atoms with van der Waals surface area (Å²) in [5.74, 6) is 0.520. The van der Waals surface area contributed by atoms with Gasteiger partial charge in [-0.25, -0.2) is 4.39 Å². The Morgan fingerprint density at radius 1 is 1.04 bits per heavy atom. The zero-order chi connectivity index (χ0) is 18.1. The third kappa shape index (κ3) is 6.23. The van der Waals surface area contributed by atoms with Gasteiger partial charge in [-0.3, -0.25) is 9.59 Å². The van der Waals surface area contributed by atoms with Crippen LogP contribution < -0.4 is 10.6 Å². The van der Waals surface area contributed by atoms with E-state index in [0.29, 0.717) is 29.2 Å². The van der Waals surface area contributed by atoms with Crippen LogP contribution in [0, 0.1) is 12.7 Å². The average Bonchev–Trinajstić information content (AvgIpc) is 2.61. The second-order valence-corrected chi connectivity index (χ2v) is 6.60. The Balaban J connectivity index is 1.62. The van der Waals surface area contributed by atoms with E-state index in [0.717, 1.165) is 5.56 Å². The predicted octanol–water partition coefficient (Wildman–Crippen LogP) is 2.91. The van der Waals surface area contributed by atoms with Gasteiger partial charge in [-0.15, -0.1) is 0 Å². The zero-order valence-corrected chi connectivity index (χ0v) is 14.9. The fraction of sp³-hybridized carbons (Fsp3) is 0.263. The summed E-state index contributed by atoms with van der Waals surface area (Å²) in [6.07, 6.45) is 0. The Hall–Kier alpha value is -2.34. The van der Waals surface area contributed by atoms with Gasteiger partial charge in [0, 0.05) is 23.6 Å². The molecular formula is C19H21FN2O2S. The van der Waals surface area contributed by atoms with E-state index in [1.54, 1.807) is 42.1 Å². The molecule has 0 aliphatic heterocycles. The van der Waals surface area contributed by atoms with Crippen LogP contribution in [0.3, 0.4) is 0 Å². The molecule has 0 saturated carbocycles. The molecule has 0 aliphatic rings. The summed E-state index contributed by atoms with van der Waals surface area (Å²) in [7, 11) is 0. The molecule has 0 bridgehead atoms. The lowest BCUT2D eigenvalue weighted by molar-refractivity contribution is -0.120. The molecule has 0 heterocycles. The smallest absolute Gasteiger partial charge is 0.251 e. The van der Waals surface area contributed by atoms with E-state index in [9.17, 15) is 14.0 Å². The number of hydrogen-bond donors (Lipinski definition) is 2. The van der Waals surface area contributed by atoms with Crippen molar-refractivity contribution >= 4 is 23.6 Å². The lowest BCUT2D eigenvalue weighted by atomic mass is 10.1. The maximum Gasteiger partial charge on any atom is 0.251 e. The number of halogens is 1. The van der Waals surface area contributed by atoms with Gasteiger partial charge in [0.1, 0.15) is 5.82 Å². The minimum atomic E-state index is -0.262. The maximum atomic E-state index is 13.4. The molecule has 132 valence electrons. The maximum absolute atomic E-state index is 13.4. The summed E-state index contributed by atoms with van der Waals surface area (Å²) < 4.78 is 13.4. The molecule has 0 atom stereocenters. The minimum absolute atomic E-state index is 0.0643. The summed E-state index contributed by atoms with van der Waals surface area (Å²) in [4.78, 5) is 23.8. The number of thioether (sulfide) groups is 1. The first-order valence-corrected chi connectivity index (χ1v) is 9.15. The van der Waals surface area contributed by atoms with E-state index < -0.39 is 0 Å². The van der Waals surface area contributed by atoms with Crippen molar-refractivity contribution in [1.82, 2.24) is 10.6 Å². The number of amides is 2. The van der Waals surface area contributed by atoms with Gasteiger partial charge in [0.25, 0.3) is 5.91 Å². The van der Waals surface area contributed by atoms with Crippen molar-refractivity contribution in [1.29, 1.82) is 0 Å². The number of nitrogens with one attached hydrogen (secondary N) is 2. The molecule has 6 heteroatoms. The SMILES string of the molecule is Cc1ccccc1C(=O)NCC(=O)NCCSCc1ccccc1F. The Labute approximate surface area is 151 Å². The van der Waals surface area contributed by atoms with Crippen LogP contribution in [0.2, 0.25) is 0 Å². The first-order valence-electron chi connectivity index (χ1n) is 7.99. The van der Waals surface area contributed by atoms with Crippen LogP contribution in [0.5, 0.6) is 0 Å². The summed E-state index contributed by atoms with van der Waals surface area (Å²) in [6, 6.07) is 13.9. The molecule has 2 amide bonds. The number of carbonyl (C=O) groups is 2. The predicted molar refractivity (Wildman–Crippen MR) is 99.1 cm³/mol. The molecule has 0 aromatic heterocycles. The Morgan fingerprint density at radius 3 is 2.52 bits per heavy atom. The number of benzene rings is 2. The number of carbonyl (C=O) groups excluding carboxylic acids is 2. The van der Waals surface area contributed by atoms with Gasteiger partial charge in [0.15, 0.2) is 0 Å². The molecule has 0 unspecified atom stereocenters. The second-order valence-electron chi connectivity index (χ2n) is 5.49. The van der Waals surface area contributed by atoms with Crippen molar-refractivity contribution < 1.29 is 14.0 Å². The molecule has 2 rings (SSSR count). The van der Waals surface area contributed by atoms with Gasteiger partial charge < -0.3 is 10.6 Å². The van der Waals surface area contributed by atoms with Gasteiger partial charge in [0.05, 0.1) is 6.54 Å². The van der Waals surface area contributed by atoms with Crippen LogP contribution in [-0.4, -0.2) is 30.7 Å². The summed E-state index contributed by atoms with van der Waals surface area (Å²) >= 11 is 1.54. The van der Waals surface area contributed by atoms with Gasteiger partial charge in [0.2, 0.25) is 5.91 Å². The third-order valence-electron chi connectivity index (χ3n) is 3.58. The van der Waals surface area contributed by atoms with E-state index in [-0.39, 0.29) is 24.2 Å². The van der Waals surface area contributed by atoms with Gasteiger partial charge in [-0.2, -0.15) is 11.8 Å². The first kappa shape index (κ1) is 19.0. The normalized spacial score (nSPS) is 10.3. The third-order valence-corrected chi connectivity index (χ3v) is 4.59. The summed E-state index contributed by atoms with van der Waals surface area (Å²) in [5, 5.41) is 5.34. The molecule has 0 radical (unpaired) electrons. The number of hydrogen-bond acceptors (Lipinski definition) is 3. The van der Waals surface area contributed by atoms with E-state index in [1.807, 2.05) is 19.1 Å². The average molecular weight is 360 g/mol. The molecule has 0 aliphatic carbocycles. The molecule has 25 heavy (non-hydrogen) atoms. The first-order chi connectivity index (χ1) is 12.1. The van der Waals surface area contributed by atoms with Crippen LogP contribution in [0.1, 0.15) is 21.5 Å². The van der Waals surface area contributed by atoms with Gasteiger partial charge in [-0.05, 0) is 30.2 Å². The second kappa shape index (κ2) is 9.84. The van der Waals surface area contributed by atoms with Crippen molar-refractivity contribution in [2.75, 3.05) is 18.8 Å². The van der Waals surface area contributed by atoms with Crippen LogP contribution in [0.25, 0.3) is 0 Å². The van der Waals surface area contributed by atoms with E-state index >= 15 is 0 Å². The van der Waals surface area contributed by atoms with Crippen LogP contribution in [-0.2, 0) is 10.5 Å². The lowest BCUT2D eigenvalue weighted by Gasteiger charge is -2.08. The standard InChI is InChI=1S/C19H21FN2O2S/c1-14-6-2-4-8-16(14)19(24)22-12-18(23)21-10-11-25-13-15-7-3-5-9-17(15)20/h2-9H,10-13H2,1H3,(H,21,23)(H,22,24).